The third-order valence-electron chi connectivity index (χ3n) is 8.11. The third kappa shape index (κ3) is 7.20. The molecule has 0 amide bonds. The second-order valence-electron chi connectivity index (χ2n) is 10.3. The van der Waals surface area contributed by atoms with E-state index >= 15 is 0 Å². The molecule has 1 aromatic carbocycles. The minimum absolute atomic E-state index is 0.0527. The van der Waals surface area contributed by atoms with Crippen LogP contribution in [0.15, 0.2) is 18.5 Å². The van der Waals surface area contributed by atoms with Gasteiger partial charge in [0.05, 0.1) is 0 Å². The summed E-state index contributed by atoms with van der Waals surface area (Å²) in [6.07, 6.45) is 14.2. The quantitative estimate of drug-likeness (QED) is 0.182. The first kappa shape index (κ1) is 25.5. The van der Waals surface area contributed by atoms with Crippen LogP contribution >= 0.6 is 0 Å². The maximum absolute atomic E-state index is 14.4. The molecule has 0 aromatic heterocycles. The standard InChI is InChI=1S/C27H40F4Si/c1-2-3-14-32-15-12-21(13-16-32)7-5-4-6-20-8-10-22(11-9-20)27-24(29)17-23(18-25(27)30)26(31)19-28/h17-22,32H,2-16H2,1H3/b26-19+. The minimum Gasteiger partial charge on any atom is -0.212 e. The highest BCUT2D eigenvalue weighted by Crippen LogP contribution is 2.40. The molecule has 0 unspecified atom stereocenters. The van der Waals surface area contributed by atoms with Crippen LogP contribution in [0.1, 0.15) is 101 Å². The average Bonchev–Trinajstić information content (AvgIpc) is 2.81. The molecule has 0 bridgehead atoms. The summed E-state index contributed by atoms with van der Waals surface area (Å²) in [5, 5.41) is 0. The Labute approximate surface area is 193 Å². The molecule has 5 heteroatoms. The van der Waals surface area contributed by atoms with Gasteiger partial charge in [-0.3, -0.25) is 0 Å². The van der Waals surface area contributed by atoms with E-state index in [1.165, 1.54) is 51.4 Å². The molecule has 0 atom stereocenters. The Balaban J connectivity index is 1.35. The predicted molar refractivity (Wildman–Crippen MR) is 129 cm³/mol. The van der Waals surface area contributed by atoms with Gasteiger partial charge in [-0.15, -0.1) is 0 Å². The first-order valence-corrected chi connectivity index (χ1v) is 15.4. The lowest BCUT2D eigenvalue weighted by atomic mass is 9.76. The van der Waals surface area contributed by atoms with E-state index in [1.807, 2.05) is 0 Å². The van der Waals surface area contributed by atoms with E-state index in [-0.39, 0.29) is 32.2 Å². The smallest absolute Gasteiger partial charge is 0.158 e. The molecular formula is C27H40F4Si. The fourth-order valence-corrected chi connectivity index (χ4v) is 9.82. The molecule has 1 aromatic rings. The van der Waals surface area contributed by atoms with E-state index in [2.05, 4.69) is 6.92 Å². The Bertz CT molecular complexity index is 708. The van der Waals surface area contributed by atoms with Crippen LogP contribution in [-0.4, -0.2) is 8.80 Å². The molecule has 1 aliphatic heterocycles. The predicted octanol–water partition coefficient (Wildman–Crippen LogP) is 9.47. The molecule has 0 spiro atoms. The van der Waals surface area contributed by atoms with Gasteiger partial charge in [-0.05, 0) is 55.6 Å². The van der Waals surface area contributed by atoms with Gasteiger partial charge in [-0.2, -0.15) is 0 Å². The Morgan fingerprint density at radius 3 is 2.00 bits per heavy atom. The fraction of sp³-hybridized carbons (Fsp3) is 0.704. The lowest BCUT2D eigenvalue weighted by molar-refractivity contribution is 0.290. The molecular weight excluding hydrogens is 428 g/mol. The monoisotopic (exact) mass is 468 g/mol. The fourth-order valence-electron chi connectivity index (χ4n) is 6.08. The lowest BCUT2D eigenvalue weighted by Crippen LogP contribution is -2.21. The molecule has 180 valence electrons. The van der Waals surface area contributed by atoms with Gasteiger partial charge in [-0.1, -0.05) is 76.4 Å². The highest BCUT2D eigenvalue weighted by Gasteiger charge is 2.27. The van der Waals surface area contributed by atoms with Gasteiger partial charge < -0.3 is 0 Å². The van der Waals surface area contributed by atoms with Crippen LogP contribution in [-0.2, 0) is 0 Å². The molecule has 1 heterocycles. The number of hydrogen-bond acceptors (Lipinski definition) is 0. The molecule has 2 aliphatic rings. The van der Waals surface area contributed by atoms with E-state index in [4.69, 9.17) is 0 Å². The van der Waals surface area contributed by atoms with E-state index < -0.39 is 17.5 Å². The molecule has 2 fully saturated rings. The van der Waals surface area contributed by atoms with Gasteiger partial charge in [0.1, 0.15) is 18.0 Å². The Morgan fingerprint density at radius 2 is 1.47 bits per heavy atom. The SMILES string of the molecule is CCCC[SiH]1CCC(CCCCC2CCC(c3c(F)cc(/C(F)=C\F)cc3F)CC2)CC1. The average molecular weight is 469 g/mol. The van der Waals surface area contributed by atoms with Gasteiger partial charge in [0, 0.05) is 19.9 Å². The first-order chi connectivity index (χ1) is 15.5. The molecule has 0 radical (unpaired) electrons. The Morgan fingerprint density at radius 1 is 0.906 bits per heavy atom. The summed E-state index contributed by atoms with van der Waals surface area (Å²) in [5.41, 5.74) is -0.325. The second kappa shape index (κ2) is 13.0. The summed E-state index contributed by atoms with van der Waals surface area (Å²) in [5.74, 6) is -1.31. The van der Waals surface area contributed by atoms with Crippen molar-refractivity contribution in [3.05, 3.63) is 41.2 Å². The number of halogens is 4. The largest absolute Gasteiger partial charge is 0.212 e. The van der Waals surface area contributed by atoms with Crippen molar-refractivity contribution < 1.29 is 17.6 Å². The maximum Gasteiger partial charge on any atom is 0.158 e. The summed E-state index contributed by atoms with van der Waals surface area (Å²) < 4.78 is 54.6. The first-order valence-electron chi connectivity index (χ1n) is 13.0. The molecule has 1 saturated carbocycles. The number of unbranched alkanes of at least 4 members (excludes halogenated alkanes) is 2. The zero-order valence-corrected chi connectivity index (χ0v) is 20.8. The van der Waals surface area contributed by atoms with Crippen molar-refractivity contribution in [1.29, 1.82) is 0 Å². The van der Waals surface area contributed by atoms with Gasteiger partial charge in [0.15, 0.2) is 5.83 Å². The maximum atomic E-state index is 14.4. The molecule has 1 aliphatic carbocycles. The highest BCUT2D eigenvalue weighted by atomic mass is 28.3. The van der Waals surface area contributed by atoms with Crippen molar-refractivity contribution in [2.45, 2.75) is 108 Å². The van der Waals surface area contributed by atoms with Crippen LogP contribution in [0.2, 0.25) is 18.1 Å². The van der Waals surface area contributed by atoms with Gasteiger partial charge in [0.25, 0.3) is 0 Å². The summed E-state index contributed by atoms with van der Waals surface area (Å²) in [7, 11) is -0.387. The summed E-state index contributed by atoms with van der Waals surface area (Å²) >= 11 is 0. The molecule has 1 saturated heterocycles. The highest BCUT2D eigenvalue weighted by molar-refractivity contribution is 6.58. The minimum atomic E-state index is -1.25. The summed E-state index contributed by atoms with van der Waals surface area (Å²) in [4.78, 5) is 0. The molecule has 0 nitrogen and oxygen atoms in total. The molecule has 0 N–H and O–H groups in total. The second-order valence-corrected chi connectivity index (χ2v) is 13.8. The Kier molecular flexibility index (Phi) is 10.3. The molecule has 32 heavy (non-hydrogen) atoms. The van der Waals surface area contributed by atoms with E-state index in [9.17, 15) is 17.6 Å². The van der Waals surface area contributed by atoms with Crippen molar-refractivity contribution >= 4 is 14.6 Å². The number of hydrogen-bond donors (Lipinski definition) is 0. The third-order valence-corrected chi connectivity index (χ3v) is 11.6. The number of benzene rings is 1. The van der Waals surface area contributed by atoms with E-state index in [1.54, 1.807) is 18.1 Å². The van der Waals surface area contributed by atoms with Crippen molar-refractivity contribution in [2.75, 3.05) is 0 Å². The van der Waals surface area contributed by atoms with Crippen molar-refractivity contribution in [3.63, 3.8) is 0 Å². The van der Waals surface area contributed by atoms with Gasteiger partial charge in [0.2, 0.25) is 0 Å². The van der Waals surface area contributed by atoms with Crippen LogP contribution in [0.5, 0.6) is 0 Å². The van der Waals surface area contributed by atoms with Crippen LogP contribution in [0.4, 0.5) is 17.6 Å². The van der Waals surface area contributed by atoms with Crippen LogP contribution in [0.3, 0.4) is 0 Å². The lowest BCUT2D eigenvalue weighted by Gasteiger charge is -2.30. The zero-order valence-electron chi connectivity index (χ0n) is 19.7. The van der Waals surface area contributed by atoms with E-state index in [0.29, 0.717) is 5.92 Å². The van der Waals surface area contributed by atoms with Crippen LogP contribution in [0, 0.1) is 23.5 Å². The van der Waals surface area contributed by atoms with Crippen molar-refractivity contribution in [1.82, 2.24) is 0 Å². The van der Waals surface area contributed by atoms with Gasteiger partial charge >= 0.3 is 0 Å². The molecule has 3 rings (SSSR count). The van der Waals surface area contributed by atoms with Crippen molar-refractivity contribution in [2.24, 2.45) is 11.8 Å². The zero-order chi connectivity index (χ0) is 22.9. The normalized spacial score (nSPS) is 27.0. The summed E-state index contributed by atoms with van der Waals surface area (Å²) in [6, 6.07) is 6.53. The van der Waals surface area contributed by atoms with Crippen LogP contribution < -0.4 is 0 Å². The number of rotatable bonds is 10. The van der Waals surface area contributed by atoms with Crippen molar-refractivity contribution in [3.8, 4) is 0 Å². The Hall–Kier alpha value is -1.10. The van der Waals surface area contributed by atoms with E-state index in [0.717, 1.165) is 43.7 Å². The van der Waals surface area contributed by atoms with Gasteiger partial charge in [-0.25, -0.2) is 17.6 Å². The topological polar surface area (TPSA) is 0 Å². The summed E-state index contributed by atoms with van der Waals surface area (Å²) in [6.45, 7) is 2.30. The van der Waals surface area contributed by atoms with Crippen LogP contribution in [0.25, 0.3) is 5.83 Å².